The number of aryl methyl sites for hydroxylation is 1. The first-order valence-corrected chi connectivity index (χ1v) is 24.3. The van der Waals surface area contributed by atoms with Crippen LogP contribution in [0.5, 0.6) is 0 Å². The number of nitrogens with zero attached hydrogens (tertiary/aromatic N) is 3. The normalized spacial score (nSPS) is 15.3. The lowest BCUT2D eigenvalue weighted by Gasteiger charge is -2.23. The van der Waals surface area contributed by atoms with Gasteiger partial charge in [0.1, 0.15) is 23.5 Å². The van der Waals surface area contributed by atoms with Gasteiger partial charge in [0.2, 0.25) is 0 Å². The molecule has 2 saturated carbocycles. The van der Waals surface area contributed by atoms with Crippen molar-refractivity contribution in [3.8, 4) is 0 Å². The maximum atomic E-state index is 14.1. The van der Waals surface area contributed by atoms with Crippen molar-refractivity contribution in [2.45, 2.75) is 90.1 Å². The molecular weight excluding hydrogens is 853 g/mol. The van der Waals surface area contributed by atoms with Crippen LogP contribution >= 0.6 is 0 Å². The van der Waals surface area contributed by atoms with Gasteiger partial charge in [-0.25, -0.2) is 14.6 Å². The molecule has 0 atom stereocenters. The lowest BCUT2D eigenvalue weighted by atomic mass is 9.87. The molecule has 17 heteroatoms. The van der Waals surface area contributed by atoms with Crippen LogP contribution < -0.4 is 11.2 Å². The summed E-state index contributed by atoms with van der Waals surface area (Å²) in [4.78, 5) is 49.9. The van der Waals surface area contributed by atoms with E-state index < -0.39 is 11.5 Å². The maximum absolute atomic E-state index is 14.1. The third-order valence-electron chi connectivity index (χ3n) is 11.9. The molecule has 1 aromatic carbocycles. The SMILES string of the molecule is COCCOCCOCCOCCOCCOCCOCCOCCOCCOC(=O)/C(=C/c1ccccc1)c1nc2c([nH]1)c(=O)n(CCC1CCCCC1)c(=O)n2CCC1CCCCC1. The molecule has 1 N–H and O–H groups in total. The van der Waals surface area contributed by atoms with Crippen LogP contribution in [0.25, 0.3) is 22.8 Å². The van der Waals surface area contributed by atoms with Crippen LogP contribution in [-0.2, 0) is 65.3 Å². The molecule has 0 saturated heterocycles. The van der Waals surface area contributed by atoms with Crippen LogP contribution in [-0.4, -0.2) is 151 Å². The maximum Gasteiger partial charge on any atom is 0.342 e. The topological polar surface area (TPSA) is 182 Å². The zero-order valence-corrected chi connectivity index (χ0v) is 39.4. The Balaban J connectivity index is 0.993. The quantitative estimate of drug-likeness (QED) is 0.0427. The standard InChI is InChI=1S/C49H76N4O13/c1-57-21-22-58-23-24-59-25-26-60-27-28-61-29-30-62-31-32-63-33-34-64-35-36-65-37-38-66-48(55)43(39-42-15-9-4-10-16-42)45-50-44-46(51-45)52(19-17-40-11-5-2-6-12-40)49(56)53(47(44)54)20-18-41-13-7-3-8-14-41/h4,9-10,15-16,39-41H,2-3,5-8,11-14,17-38H2,1H3,(H,50,51)/b43-39+. The molecule has 0 aliphatic heterocycles. The van der Waals surface area contributed by atoms with Gasteiger partial charge >= 0.3 is 11.7 Å². The molecule has 2 aliphatic carbocycles. The van der Waals surface area contributed by atoms with E-state index in [0.717, 1.165) is 44.1 Å². The van der Waals surface area contributed by atoms with E-state index in [4.69, 9.17) is 52.4 Å². The zero-order chi connectivity index (χ0) is 46.3. The number of benzene rings is 1. The van der Waals surface area contributed by atoms with Gasteiger partial charge in [0.25, 0.3) is 5.56 Å². The van der Waals surface area contributed by atoms with Gasteiger partial charge in [-0.1, -0.05) is 94.5 Å². The molecule has 5 rings (SSSR count). The third-order valence-corrected chi connectivity index (χ3v) is 11.9. The highest BCUT2D eigenvalue weighted by Gasteiger charge is 2.24. The fraction of sp³-hybridized carbons (Fsp3) is 0.714. The minimum absolute atomic E-state index is 0.00426. The number of esters is 1. The molecule has 0 amide bonds. The molecule has 2 fully saturated rings. The monoisotopic (exact) mass is 929 g/mol. The Kier molecular flexibility index (Phi) is 26.5. The number of hydrogen-bond acceptors (Lipinski definition) is 14. The van der Waals surface area contributed by atoms with E-state index in [-0.39, 0.29) is 41.5 Å². The highest BCUT2D eigenvalue weighted by atomic mass is 16.6. The van der Waals surface area contributed by atoms with Crippen molar-refractivity contribution in [3.05, 3.63) is 62.6 Å². The smallest absolute Gasteiger partial charge is 0.342 e. The largest absolute Gasteiger partial charge is 0.460 e. The molecule has 3 aromatic rings. The van der Waals surface area contributed by atoms with Gasteiger partial charge in [-0.05, 0) is 36.3 Å². The van der Waals surface area contributed by atoms with Crippen molar-refractivity contribution in [2.75, 3.05) is 126 Å². The van der Waals surface area contributed by atoms with Gasteiger partial charge in [0.05, 0.1) is 112 Å². The summed E-state index contributed by atoms with van der Waals surface area (Å²) in [6.45, 7) is 8.50. The van der Waals surface area contributed by atoms with Gasteiger partial charge < -0.3 is 52.4 Å². The van der Waals surface area contributed by atoms with Crippen molar-refractivity contribution in [1.82, 2.24) is 19.1 Å². The predicted octanol–water partition coefficient (Wildman–Crippen LogP) is 5.69. The number of carbonyl (C=O) groups excluding carboxylic acids is 1. The average molecular weight is 929 g/mol. The zero-order valence-electron chi connectivity index (χ0n) is 39.4. The fourth-order valence-corrected chi connectivity index (χ4v) is 8.26. The Bertz CT molecular complexity index is 1900. The summed E-state index contributed by atoms with van der Waals surface area (Å²) < 4.78 is 57.7. The molecule has 2 heterocycles. The summed E-state index contributed by atoms with van der Waals surface area (Å²) in [6.07, 6.45) is 15.1. The Morgan fingerprint density at radius 2 is 1.02 bits per heavy atom. The molecule has 17 nitrogen and oxygen atoms in total. The summed E-state index contributed by atoms with van der Waals surface area (Å²) in [5, 5.41) is 0. The van der Waals surface area contributed by atoms with Crippen molar-refractivity contribution in [2.24, 2.45) is 11.8 Å². The number of H-pyrrole nitrogens is 1. The number of nitrogens with one attached hydrogen (secondary N) is 1. The number of methoxy groups -OCH3 is 1. The lowest BCUT2D eigenvalue weighted by molar-refractivity contribution is -0.138. The Morgan fingerprint density at radius 1 is 0.591 bits per heavy atom. The van der Waals surface area contributed by atoms with Gasteiger partial charge in [0, 0.05) is 20.2 Å². The number of carbonyl (C=O) groups is 1. The summed E-state index contributed by atoms with van der Waals surface area (Å²) in [7, 11) is 1.64. The van der Waals surface area contributed by atoms with Gasteiger partial charge in [0.15, 0.2) is 5.65 Å². The van der Waals surface area contributed by atoms with Crippen molar-refractivity contribution < 1.29 is 52.2 Å². The van der Waals surface area contributed by atoms with E-state index >= 15 is 0 Å². The molecule has 2 aromatic heterocycles. The minimum atomic E-state index is -0.625. The Labute approximate surface area is 389 Å². The van der Waals surface area contributed by atoms with E-state index in [1.165, 1.54) is 43.1 Å². The van der Waals surface area contributed by atoms with E-state index in [9.17, 15) is 14.4 Å². The van der Waals surface area contributed by atoms with Crippen LogP contribution in [0.4, 0.5) is 0 Å². The van der Waals surface area contributed by atoms with E-state index in [1.807, 2.05) is 30.3 Å². The fourth-order valence-electron chi connectivity index (χ4n) is 8.26. The molecular formula is C49H76N4O13. The summed E-state index contributed by atoms with van der Waals surface area (Å²) in [5.74, 6) is 0.586. The van der Waals surface area contributed by atoms with Crippen molar-refractivity contribution in [1.29, 1.82) is 0 Å². The van der Waals surface area contributed by atoms with Crippen LogP contribution in [0.15, 0.2) is 39.9 Å². The Hall–Kier alpha value is -3.78. The van der Waals surface area contributed by atoms with E-state index in [2.05, 4.69) is 4.98 Å². The second-order valence-electron chi connectivity index (χ2n) is 16.8. The molecule has 0 spiro atoms. The Morgan fingerprint density at radius 3 is 1.47 bits per heavy atom. The summed E-state index contributed by atoms with van der Waals surface area (Å²) in [6, 6.07) is 9.39. The molecule has 66 heavy (non-hydrogen) atoms. The van der Waals surface area contributed by atoms with Gasteiger partial charge in [-0.15, -0.1) is 0 Å². The highest BCUT2D eigenvalue weighted by Crippen LogP contribution is 2.28. The number of rotatable bonds is 36. The van der Waals surface area contributed by atoms with E-state index in [0.29, 0.717) is 131 Å². The second kappa shape index (κ2) is 32.8. The van der Waals surface area contributed by atoms with Crippen LogP contribution in [0.3, 0.4) is 0 Å². The number of hydrogen-bond donors (Lipinski definition) is 1. The van der Waals surface area contributed by atoms with Gasteiger partial charge in [-0.3, -0.25) is 13.9 Å². The highest BCUT2D eigenvalue weighted by molar-refractivity contribution is 6.20. The number of aromatic amines is 1. The predicted molar refractivity (Wildman–Crippen MR) is 251 cm³/mol. The molecule has 370 valence electrons. The van der Waals surface area contributed by atoms with Crippen LogP contribution in [0, 0.1) is 11.8 Å². The molecule has 0 radical (unpaired) electrons. The van der Waals surface area contributed by atoms with E-state index in [1.54, 1.807) is 17.8 Å². The number of aromatic nitrogens is 4. The van der Waals surface area contributed by atoms with Crippen molar-refractivity contribution in [3.63, 3.8) is 0 Å². The average Bonchev–Trinajstić information content (AvgIpc) is 3.79. The lowest BCUT2D eigenvalue weighted by Crippen LogP contribution is -2.41. The number of ether oxygens (including phenoxy) is 10. The first kappa shape index (κ1) is 53.2. The van der Waals surface area contributed by atoms with Crippen LogP contribution in [0.1, 0.15) is 88.4 Å². The molecule has 2 aliphatic rings. The molecule has 0 bridgehead atoms. The number of imidazole rings is 1. The third kappa shape index (κ3) is 19.8. The minimum Gasteiger partial charge on any atom is -0.460 e. The second-order valence-corrected chi connectivity index (χ2v) is 16.8. The van der Waals surface area contributed by atoms with Crippen LogP contribution in [0.2, 0.25) is 0 Å². The number of fused-ring (bicyclic) bond motifs is 1. The first-order valence-electron chi connectivity index (χ1n) is 24.3. The van der Waals surface area contributed by atoms with Crippen molar-refractivity contribution >= 4 is 28.8 Å². The summed E-state index contributed by atoms with van der Waals surface area (Å²) >= 11 is 0. The van der Waals surface area contributed by atoms with Gasteiger partial charge in [-0.2, -0.15) is 0 Å². The molecule has 0 unspecified atom stereocenters. The first-order chi connectivity index (χ1) is 32.5. The summed E-state index contributed by atoms with van der Waals surface area (Å²) in [5.41, 5.74) is 0.654.